The Balaban J connectivity index is 3.37. The van der Waals surface area contributed by atoms with Gasteiger partial charge in [-0.2, -0.15) is 0 Å². The lowest BCUT2D eigenvalue weighted by Gasteiger charge is -2.24. The molecule has 0 aromatic carbocycles. The molecule has 0 aliphatic heterocycles. The van der Waals surface area contributed by atoms with Crippen molar-refractivity contribution in [2.75, 3.05) is 46.6 Å². The van der Waals surface area contributed by atoms with Crippen molar-refractivity contribution < 1.29 is 19.3 Å². The fourth-order valence-electron chi connectivity index (χ4n) is 1.15. The molecule has 1 unspecified atom stereocenters. The van der Waals surface area contributed by atoms with Crippen LogP contribution in [0.5, 0.6) is 0 Å². The number of hydrogen-bond donors (Lipinski definition) is 2. The Kier molecular flexibility index (Phi) is 9.68. The molecule has 0 aliphatic carbocycles. The summed E-state index contributed by atoms with van der Waals surface area (Å²) in [7, 11) is 1.68. The molecule has 0 saturated carbocycles. The third kappa shape index (κ3) is 10.7. The number of hydrogen-bond acceptors (Lipinski definition) is 5. The second-order valence-corrected chi connectivity index (χ2v) is 4.52. The first-order valence-corrected chi connectivity index (χ1v) is 6.11. The van der Waals surface area contributed by atoms with E-state index in [0.29, 0.717) is 39.5 Å². The standard InChI is InChI=1S/C12H27NO4/c1-5-16-6-7-17-9-11(14)8-13-10-12(2,3)15-4/h11,13-14H,5-10H2,1-4H3. The van der Waals surface area contributed by atoms with Gasteiger partial charge in [-0.05, 0) is 20.8 Å². The minimum Gasteiger partial charge on any atom is -0.389 e. The maximum absolute atomic E-state index is 9.61. The summed E-state index contributed by atoms with van der Waals surface area (Å²) >= 11 is 0. The van der Waals surface area contributed by atoms with Crippen LogP contribution in [0, 0.1) is 0 Å². The Labute approximate surface area is 104 Å². The SMILES string of the molecule is CCOCCOCC(O)CNCC(C)(C)OC. The second-order valence-electron chi connectivity index (χ2n) is 4.52. The monoisotopic (exact) mass is 249 g/mol. The summed E-state index contributed by atoms with van der Waals surface area (Å²) in [6.45, 7) is 9.24. The molecule has 0 amide bonds. The zero-order valence-corrected chi connectivity index (χ0v) is 11.5. The molecule has 5 nitrogen and oxygen atoms in total. The van der Waals surface area contributed by atoms with Gasteiger partial charge < -0.3 is 24.6 Å². The molecule has 104 valence electrons. The zero-order chi connectivity index (χ0) is 13.1. The van der Waals surface area contributed by atoms with Gasteiger partial charge in [0.1, 0.15) is 0 Å². The van der Waals surface area contributed by atoms with Crippen LogP contribution in [-0.2, 0) is 14.2 Å². The van der Waals surface area contributed by atoms with E-state index >= 15 is 0 Å². The molecule has 0 fully saturated rings. The maximum atomic E-state index is 9.61. The highest BCUT2D eigenvalue weighted by Gasteiger charge is 2.16. The smallest absolute Gasteiger partial charge is 0.0897 e. The van der Waals surface area contributed by atoms with E-state index in [0.717, 1.165) is 0 Å². The highest BCUT2D eigenvalue weighted by atomic mass is 16.5. The lowest BCUT2D eigenvalue weighted by atomic mass is 10.1. The van der Waals surface area contributed by atoms with Crippen molar-refractivity contribution in [3.63, 3.8) is 0 Å². The molecule has 0 aromatic rings. The zero-order valence-electron chi connectivity index (χ0n) is 11.5. The Morgan fingerprint density at radius 1 is 1.24 bits per heavy atom. The largest absolute Gasteiger partial charge is 0.389 e. The molecule has 0 spiro atoms. The quantitative estimate of drug-likeness (QED) is 0.520. The average Bonchev–Trinajstić information content (AvgIpc) is 2.28. The number of ether oxygens (including phenoxy) is 3. The van der Waals surface area contributed by atoms with Gasteiger partial charge in [0.25, 0.3) is 0 Å². The molecule has 0 radical (unpaired) electrons. The molecule has 2 N–H and O–H groups in total. The lowest BCUT2D eigenvalue weighted by molar-refractivity contribution is -0.00103. The minimum atomic E-state index is -0.496. The first kappa shape index (κ1) is 16.8. The van der Waals surface area contributed by atoms with E-state index in [-0.39, 0.29) is 5.60 Å². The molecule has 0 rings (SSSR count). The van der Waals surface area contributed by atoms with Crippen molar-refractivity contribution >= 4 is 0 Å². The summed E-state index contributed by atoms with van der Waals surface area (Å²) in [5, 5.41) is 12.7. The van der Waals surface area contributed by atoms with Crippen molar-refractivity contribution in [2.24, 2.45) is 0 Å². The average molecular weight is 249 g/mol. The van der Waals surface area contributed by atoms with E-state index in [1.165, 1.54) is 0 Å². The lowest BCUT2D eigenvalue weighted by Crippen LogP contribution is -2.41. The fourth-order valence-corrected chi connectivity index (χ4v) is 1.15. The van der Waals surface area contributed by atoms with Gasteiger partial charge in [-0.1, -0.05) is 0 Å². The second kappa shape index (κ2) is 9.79. The van der Waals surface area contributed by atoms with Crippen molar-refractivity contribution in [1.29, 1.82) is 0 Å². The van der Waals surface area contributed by atoms with E-state index in [9.17, 15) is 5.11 Å². The summed E-state index contributed by atoms with van der Waals surface area (Å²) in [6.07, 6.45) is -0.496. The number of aliphatic hydroxyl groups excluding tert-OH is 1. The molecule has 1 atom stereocenters. The molecule has 17 heavy (non-hydrogen) atoms. The molecule has 0 bridgehead atoms. The topological polar surface area (TPSA) is 60.0 Å². The normalized spacial score (nSPS) is 13.9. The Hall–Kier alpha value is -0.200. The van der Waals surface area contributed by atoms with E-state index in [2.05, 4.69) is 5.32 Å². The third-order valence-electron chi connectivity index (χ3n) is 2.37. The highest BCUT2D eigenvalue weighted by Crippen LogP contribution is 2.04. The van der Waals surface area contributed by atoms with Gasteiger partial charge in [-0.25, -0.2) is 0 Å². The maximum Gasteiger partial charge on any atom is 0.0897 e. The fraction of sp³-hybridized carbons (Fsp3) is 1.00. The van der Waals surface area contributed by atoms with Crippen LogP contribution in [0.2, 0.25) is 0 Å². The third-order valence-corrected chi connectivity index (χ3v) is 2.37. The summed E-state index contributed by atoms with van der Waals surface area (Å²) < 4.78 is 15.6. The number of methoxy groups -OCH3 is 1. The molecule has 0 saturated heterocycles. The Morgan fingerprint density at radius 3 is 2.47 bits per heavy atom. The summed E-state index contributed by atoms with van der Waals surface area (Å²) in [6, 6.07) is 0. The summed E-state index contributed by atoms with van der Waals surface area (Å²) in [5.74, 6) is 0. The number of nitrogens with one attached hydrogen (secondary N) is 1. The molecular formula is C12H27NO4. The van der Waals surface area contributed by atoms with Gasteiger partial charge in [-0.3, -0.25) is 0 Å². The summed E-state index contributed by atoms with van der Waals surface area (Å²) in [5.41, 5.74) is -0.213. The van der Waals surface area contributed by atoms with Gasteiger partial charge in [-0.15, -0.1) is 0 Å². The van der Waals surface area contributed by atoms with Crippen molar-refractivity contribution in [3.8, 4) is 0 Å². The van der Waals surface area contributed by atoms with Gasteiger partial charge in [0.15, 0.2) is 0 Å². The molecule has 0 aliphatic rings. The molecule has 0 heterocycles. The predicted octanol–water partition coefficient (Wildman–Crippen LogP) is 0.415. The predicted molar refractivity (Wildman–Crippen MR) is 67.3 cm³/mol. The molecule has 0 aromatic heterocycles. The van der Waals surface area contributed by atoms with E-state index in [4.69, 9.17) is 14.2 Å². The Morgan fingerprint density at radius 2 is 1.88 bits per heavy atom. The van der Waals surface area contributed by atoms with E-state index in [1.54, 1.807) is 7.11 Å². The number of aliphatic hydroxyl groups is 1. The molecule has 5 heteroatoms. The Bertz CT molecular complexity index is 176. The number of rotatable bonds is 11. The molecular weight excluding hydrogens is 222 g/mol. The van der Waals surface area contributed by atoms with Crippen molar-refractivity contribution in [3.05, 3.63) is 0 Å². The van der Waals surface area contributed by atoms with Crippen molar-refractivity contribution in [1.82, 2.24) is 5.32 Å². The van der Waals surface area contributed by atoms with Crippen LogP contribution in [0.15, 0.2) is 0 Å². The van der Waals surface area contributed by atoms with Crippen LogP contribution in [0.1, 0.15) is 20.8 Å². The van der Waals surface area contributed by atoms with E-state index in [1.807, 2.05) is 20.8 Å². The van der Waals surface area contributed by atoms with Gasteiger partial charge >= 0.3 is 0 Å². The first-order valence-electron chi connectivity index (χ1n) is 6.11. The first-order chi connectivity index (χ1) is 8.02. The van der Waals surface area contributed by atoms with E-state index < -0.39 is 6.10 Å². The van der Waals surface area contributed by atoms with Crippen LogP contribution >= 0.6 is 0 Å². The van der Waals surface area contributed by atoms with Gasteiger partial charge in [0.2, 0.25) is 0 Å². The summed E-state index contributed by atoms with van der Waals surface area (Å²) in [4.78, 5) is 0. The van der Waals surface area contributed by atoms with Gasteiger partial charge in [0.05, 0.1) is 31.5 Å². The van der Waals surface area contributed by atoms with Crippen LogP contribution in [0.25, 0.3) is 0 Å². The highest BCUT2D eigenvalue weighted by molar-refractivity contribution is 4.72. The van der Waals surface area contributed by atoms with Crippen LogP contribution in [0.4, 0.5) is 0 Å². The van der Waals surface area contributed by atoms with Crippen LogP contribution in [-0.4, -0.2) is 63.4 Å². The van der Waals surface area contributed by atoms with Crippen LogP contribution < -0.4 is 5.32 Å². The van der Waals surface area contributed by atoms with Gasteiger partial charge in [0, 0.05) is 26.8 Å². The van der Waals surface area contributed by atoms with Crippen LogP contribution in [0.3, 0.4) is 0 Å². The van der Waals surface area contributed by atoms with Crippen molar-refractivity contribution in [2.45, 2.75) is 32.5 Å². The minimum absolute atomic E-state index is 0.213.